The largest absolute Gasteiger partial charge is 0.494 e. The fourth-order valence-corrected chi connectivity index (χ4v) is 4.80. The Morgan fingerprint density at radius 2 is 2.15 bits per heavy atom. The number of aliphatic hydroxyl groups is 1. The molecule has 1 fully saturated rings. The number of hydrogen-bond acceptors (Lipinski definition) is 7. The topological polar surface area (TPSA) is 100 Å². The van der Waals surface area contributed by atoms with E-state index in [4.69, 9.17) is 4.74 Å². The third-order valence-corrected chi connectivity index (χ3v) is 6.73. The maximum atomic E-state index is 11.0. The molecule has 0 amide bonds. The summed E-state index contributed by atoms with van der Waals surface area (Å²) in [4.78, 5) is 18.2. The molecule has 2 heterocycles. The standard InChI is InChI=1S/C24H34N4O4S/c1-19-9-14-33-24(19)22(29)16-26-23(18-28(30)31)25-10-6-13-32-21-8-5-7-20(15-21)17-27-11-3-2-4-12-27/h5,7-9,14-15,22,29H,2-4,6,10-13,16-18H2,1H3,(H,25,26). The number of rotatable bonds is 12. The van der Waals surface area contributed by atoms with Crippen LogP contribution in [0.4, 0.5) is 0 Å². The van der Waals surface area contributed by atoms with Crippen molar-refractivity contribution >= 4 is 17.2 Å². The van der Waals surface area contributed by atoms with Crippen molar-refractivity contribution < 1.29 is 14.8 Å². The number of hydrogen-bond donors (Lipinski definition) is 2. The van der Waals surface area contributed by atoms with Crippen molar-refractivity contribution in [1.82, 2.24) is 10.2 Å². The van der Waals surface area contributed by atoms with Gasteiger partial charge in [-0.3, -0.25) is 20.0 Å². The Morgan fingerprint density at radius 1 is 1.33 bits per heavy atom. The van der Waals surface area contributed by atoms with E-state index in [1.165, 1.54) is 36.2 Å². The molecule has 1 saturated heterocycles. The van der Waals surface area contributed by atoms with Crippen LogP contribution < -0.4 is 10.1 Å². The van der Waals surface area contributed by atoms with E-state index in [1.807, 2.05) is 30.5 Å². The Kier molecular flexibility index (Phi) is 10.1. The summed E-state index contributed by atoms with van der Waals surface area (Å²) in [6.45, 7) is 5.92. The normalized spacial score (nSPS) is 15.9. The average Bonchev–Trinajstić information content (AvgIpc) is 3.23. The van der Waals surface area contributed by atoms with Crippen LogP contribution in [-0.4, -0.2) is 60.1 Å². The average molecular weight is 475 g/mol. The number of aryl methyl sites for hydroxylation is 1. The Labute approximate surface area is 199 Å². The van der Waals surface area contributed by atoms with Crippen LogP contribution in [0.2, 0.25) is 0 Å². The predicted octanol–water partition coefficient (Wildman–Crippen LogP) is 3.81. The summed E-state index contributed by atoms with van der Waals surface area (Å²) in [6, 6.07) is 10.1. The van der Waals surface area contributed by atoms with Crippen LogP contribution in [0.5, 0.6) is 5.75 Å². The molecule has 1 aliphatic heterocycles. The number of nitrogens with one attached hydrogen (secondary N) is 1. The summed E-state index contributed by atoms with van der Waals surface area (Å²) in [5.41, 5.74) is 2.26. The molecular weight excluding hydrogens is 440 g/mol. The highest BCUT2D eigenvalue weighted by Crippen LogP contribution is 2.24. The highest BCUT2D eigenvalue weighted by atomic mass is 32.1. The van der Waals surface area contributed by atoms with Crippen molar-refractivity contribution in [2.75, 3.05) is 39.3 Å². The molecule has 2 aromatic rings. The first-order valence-electron chi connectivity index (χ1n) is 11.6. The number of amidine groups is 1. The quantitative estimate of drug-likeness (QED) is 0.160. The van der Waals surface area contributed by atoms with Gasteiger partial charge in [-0.2, -0.15) is 0 Å². The second-order valence-corrected chi connectivity index (χ2v) is 9.32. The highest BCUT2D eigenvalue weighted by molar-refractivity contribution is 7.10. The number of benzene rings is 1. The van der Waals surface area contributed by atoms with Crippen molar-refractivity contribution in [3.05, 3.63) is 61.8 Å². The minimum absolute atomic E-state index is 0.0951. The molecule has 0 spiro atoms. The molecule has 1 aromatic carbocycles. The van der Waals surface area contributed by atoms with Gasteiger partial charge >= 0.3 is 0 Å². The first-order chi connectivity index (χ1) is 16.0. The van der Waals surface area contributed by atoms with Gasteiger partial charge in [0.2, 0.25) is 0 Å². The first kappa shape index (κ1) is 25.1. The molecular formula is C24H34N4O4S. The molecule has 1 aromatic heterocycles. The van der Waals surface area contributed by atoms with Gasteiger partial charge in [-0.1, -0.05) is 18.6 Å². The van der Waals surface area contributed by atoms with Crippen molar-refractivity contribution in [3.8, 4) is 5.75 Å². The SMILES string of the molecule is Cc1ccsc1C(O)CN=C(C[N+](=O)[O-])NCCCOc1cccc(CN2CCCCC2)c1. The number of ether oxygens (including phenoxy) is 1. The number of aliphatic imine (C=N–C) groups is 1. The van der Waals surface area contributed by atoms with E-state index in [0.717, 1.165) is 35.8 Å². The number of piperidine rings is 1. The molecule has 3 rings (SSSR count). The van der Waals surface area contributed by atoms with E-state index in [9.17, 15) is 15.2 Å². The van der Waals surface area contributed by atoms with Crippen LogP contribution >= 0.6 is 11.3 Å². The van der Waals surface area contributed by atoms with Gasteiger partial charge in [0, 0.05) is 22.9 Å². The summed E-state index contributed by atoms with van der Waals surface area (Å²) in [7, 11) is 0. The molecule has 2 N–H and O–H groups in total. The molecule has 1 aliphatic rings. The number of nitro groups is 1. The van der Waals surface area contributed by atoms with Crippen molar-refractivity contribution in [3.63, 3.8) is 0 Å². The summed E-state index contributed by atoms with van der Waals surface area (Å²) < 4.78 is 5.89. The van der Waals surface area contributed by atoms with E-state index in [1.54, 1.807) is 0 Å². The number of thiophene rings is 1. The van der Waals surface area contributed by atoms with Gasteiger partial charge in [0.05, 0.1) is 13.2 Å². The van der Waals surface area contributed by atoms with Gasteiger partial charge in [0.1, 0.15) is 11.9 Å². The molecule has 0 bridgehead atoms. The van der Waals surface area contributed by atoms with Crippen molar-refractivity contribution in [2.45, 2.75) is 45.3 Å². The molecule has 8 nitrogen and oxygen atoms in total. The third-order valence-electron chi connectivity index (χ3n) is 5.61. The molecule has 1 atom stereocenters. The summed E-state index contributed by atoms with van der Waals surface area (Å²) in [5, 5.41) is 26.2. The summed E-state index contributed by atoms with van der Waals surface area (Å²) in [6.07, 6.45) is 3.81. The Bertz CT molecular complexity index is 911. The highest BCUT2D eigenvalue weighted by Gasteiger charge is 2.14. The van der Waals surface area contributed by atoms with Gasteiger partial charge in [-0.25, -0.2) is 0 Å². The van der Waals surface area contributed by atoms with Crippen LogP contribution in [0.25, 0.3) is 0 Å². The van der Waals surface area contributed by atoms with E-state index >= 15 is 0 Å². The Morgan fingerprint density at radius 3 is 2.88 bits per heavy atom. The second-order valence-electron chi connectivity index (χ2n) is 8.37. The fourth-order valence-electron chi connectivity index (χ4n) is 3.89. The summed E-state index contributed by atoms with van der Waals surface area (Å²) >= 11 is 1.46. The predicted molar refractivity (Wildman–Crippen MR) is 132 cm³/mol. The maximum Gasteiger partial charge on any atom is 0.259 e. The number of nitrogens with zero attached hydrogens (tertiary/aromatic N) is 3. The minimum Gasteiger partial charge on any atom is -0.494 e. The monoisotopic (exact) mass is 474 g/mol. The first-order valence-corrected chi connectivity index (χ1v) is 12.4. The van der Waals surface area contributed by atoms with Crippen molar-refractivity contribution in [1.29, 1.82) is 0 Å². The maximum absolute atomic E-state index is 11.0. The van der Waals surface area contributed by atoms with Crippen LogP contribution in [-0.2, 0) is 6.54 Å². The zero-order valence-corrected chi connectivity index (χ0v) is 20.1. The van der Waals surface area contributed by atoms with Gasteiger partial charge < -0.3 is 15.2 Å². The Balaban J connectivity index is 1.41. The van der Waals surface area contributed by atoms with Gasteiger partial charge in [-0.05, 0) is 74.0 Å². The lowest BCUT2D eigenvalue weighted by Gasteiger charge is -2.26. The molecule has 180 valence electrons. The van der Waals surface area contributed by atoms with Crippen LogP contribution in [0.1, 0.15) is 47.8 Å². The minimum atomic E-state index is -0.755. The second kappa shape index (κ2) is 13.3. The Hall–Kier alpha value is -2.49. The summed E-state index contributed by atoms with van der Waals surface area (Å²) in [5.74, 6) is 1.12. The van der Waals surface area contributed by atoms with Crippen LogP contribution in [0.15, 0.2) is 40.7 Å². The number of aliphatic hydroxyl groups excluding tert-OH is 1. The van der Waals surface area contributed by atoms with E-state index in [2.05, 4.69) is 27.3 Å². The van der Waals surface area contributed by atoms with Gasteiger partial charge in [0.15, 0.2) is 5.84 Å². The molecule has 0 radical (unpaired) electrons. The zero-order chi connectivity index (χ0) is 23.5. The molecule has 1 unspecified atom stereocenters. The zero-order valence-electron chi connectivity index (χ0n) is 19.2. The smallest absolute Gasteiger partial charge is 0.259 e. The van der Waals surface area contributed by atoms with Gasteiger partial charge in [-0.15, -0.1) is 11.3 Å². The third kappa shape index (κ3) is 8.75. The molecule has 0 aliphatic carbocycles. The molecule has 0 saturated carbocycles. The van der Waals surface area contributed by atoms with Crippen LogP contribution in [0, 0.1) is 17.0 Å². The molecule has 33 heavy (non-hydrogen) atoms. The number of likely N-dealkylation sites (tertiary alicyclic amines) is 1. The lowest BCUT2D eigenvalue weighted by Crippen LogP contribution is -2.32. The fraction of sp³-hybridized carbons (Fsp3) is 0.542. The van der Waals surface area contributed by atoms with Gasteiger partial charge in [0.25, 0.3) is 6.54 Å². The van der Waals surface area contributed by atoms with E-state index in [0.29, 0.717) is 19.6 Å². The van der Waals surface area contributed by atoms with Crippen molar-refractivity contribution in [2.24, 2.45) is 4.99 Å². The van der Waals surface area contributed by atoms with E-state index < -0.39 is 17.6 Å². The lowest BCUT2D eigenvalue weighted by molar-refractivity contribution is -0.463. The lowest BCUT2D eigenvalue weighted by atomic mass is 10.1. The van der Waals surface area contributed by atoms with E-state index in [-0.39, 0.29) is 12.4 Å². The van der Waals surface area contributed by atoms with Crippen LogP contribution in [0.3, 0.4) is 0 Å². The molecule has 9 heteroatoms.